The van der Waals surface area contributed by atoms with E-state index in [1.54, 1.807) is 24.1 Å². The molecule has 30 heavy (non-hydrogen) atoms. The predicted octanol–water partition coefficient (Wildman–Crippen LogP) is 4.64. The van der Waals surface area contributed by atoms with Crippen molar-refractivity contribution in [2.24, 2.45) is 0 Å². The van der Waals surface area contributed by atoms with Crippen molar-refractivity contribution in [1.29, 1.82) is 0 Å². The van der Waals surface area contributed by atoms with Crippen molar-refractivity contribution >= 4 is 46.1 Å². The first-order chi connectivity index (χ1) is 14.6. The molecule has 154 valence electrons. The molecule has 4 rings (SSSR count). The molecule has 1 fully saturated rings. The highest BCUT2D eigenvalue weighted by Crippen LogP contribution is 2.28. The number of nitrogens with zero attached hydrogens (tertiary/aromatic N) is 3. The van der Waals surface area contributed by atoms with Gasteiger partial charge in [-0.1, -0.05) is 41.9 Å². The zero-order valence-electron chi connectivity index (χ0n) is 16.6. The maximum absolute atomic E-state index is 13.3. The van der Waals surface area contributed by atoms with Crippen molar-refractivity contribution in [3.05, 3.63) is 81.5 Å². The zero-order chi connectivity index (χ0) is 21.1. The number of benzene rings is 2. The van der Waals surface area contributed by atoms with Gasteiger partial charge in [0.25, 0.3) is 11.8 Å². The monoisotopic (exact) mass is 439 g/mol. The zero-order valence-corrected chi connectivity index (χ0v) is 18.2. The van der Waals surface area contributed by atoms with Crippen LogP contribution in [0.5, 0.6) is 0 Å². The highest BCUT2D eigenvalue weighted by Gasteiger charge is 2.26. The first-order valence-corrected chi connectivity index (χ1v) is 11.0. The van der Waals surface area contributed by atoms with Gasteiger partial charge in [-0.15, -0.1) is 11.3 Å². The number of rotatable bonds is 4. The highest BCUT2D eigenvalue weighted by atomic mass is 35.5. The number of hydrogen-bond donors (Lipinski definition) is 0. The molecule has 7 heteroatoms. The summed E-state index contributed by atoms with van der Waals surface area (Å²) in [7, 11) is 1.71. The summed E-state index contributed by atoms with van der Waals surface area (Å²) >= 11 is 7.71. The van der Waals surface area contributed by atoms with E-state index in [2.05, 4.69) is 4.90 Å². The molecular weight excluding hydrogens is 418 g/mol. The van der Waals surface area contributed by atoms with Crippen LogP contribution in [0.25, 0.3) is 0 Å². The SMILES string of the molecule is CN(C(=O)c1cccs1)c1ccccc1C(=O)N1CCN(c2ccccc2Cl)CC1. The van der Waals surface area contributed by atoms with Crippen LogP contribution < -0.4 is 9.80 Å². The van der Waals surface area contributed by atoms with Crippen LogP contribution in [-0.4, -0.2) is 49.9 Å². The van der Waals surface area contributed by atoms with Gasteiger partial charge in [-0.25, -0.2) is 0 Å². The van der Waals surface area contributed by atoms with E-state index in [1.165, 1.54) is 11.3 Å². The second kappa shape index (κ2) is 8.90. The fourth-order valence-corrected chi connectivity index (χ4v) is 4.60. The highest BCUT2D eigenvalue weighted by molar-refractivity contribution is 7.12. The molecule has 2 amide bonds. The van der Waals surface area contributed by atoms with Crippen LogP contribution in [0.4, 0.5) is 11.4 Å². The van der Waals surface area contributed by atoms with Crippen molar-refractivity contribution in [2.45, 2.75) is 0 Å². The van der Waals surface area contributed by atoms with Crippen molar-refractivity contribution < 1.29 is 9.59 Å². The Morgan fingerprint density at radius 2 is 1.63 bits per heavy atom. The van der Waals surface area contributed by atoms with E-state index in [-0.39, 0.29) is 11.8 Å². The van der Waals surface area contributed by atoms with E-state index in [1.807, 2.05) is 58.8 Å². The van der Waals surface area contributed by atoms with Gasteiger partial charge in [-0.2, -0.15) is 0 Å². The number of piperazine rings is 1. The number of carbonyl (C=O) groups excluding carboxylic acids is 2. The standard InChI is InChI=1S/C23H22ClN3O2S/c1-25(23(29)21-11-6-16-30-21)19-9-4-2-7-17(19)22(28)27-14-12-26(13-15-27)20-10-5-3-8-18(20)24/h2-11,16H,12-15H2,1H3. The molecule has 1 aromatic heterocycles. The largest absolute Gasteiger partial charge is 0.367 e. The van der Waals surface area contributed by atoms with E-state index in [0.29, 0.717) is 42.3 Å². The topological polar surface area (TPSA) is 43.9 Å². The fourth-order valence-electron chi connectivity index (χ4n) is 3.65. The average molecular weight is 440 g/mol. The number of thiophene rings is 1. The molecule has 0 saturated carbocycles. The lowest BCUT2D eigenvalue weighted by Crippen LogP contribution is -2.49. The summed E-state index contributed by atoms with van der Waals surface area (Å²) in [4.78, 5) is 32.3. The second-order valence-corrected chi connectivity index (χ2v) is 8.44. The molecule has 3 aromatic rings. The molecule has 1 aliphatic heterocycles. The van der Waals surface area contributed by atoms with Gasteiger partial charge >= 0.3 is 0 Å². The van der Waals surface area contributed by atoms with E-state index < -0.39 is 0 Å². The Morgan fingerprint density at radius 1 is 0.933 bits per heavy atom. The summed E-state index contributed by atoms with van der Waals surface area (Å²) in [6.07, 6.45) is 0. The molecule has 0 N–H and O–H groups in total. The van der Waals surface area contributed by atoms with Gasteiger partial charge < -0.3 is 14.7 Å². The molecule has 0 unspecified atom stereocenters. The molecule has 2 heterocycles. The normalized spacial score (nSPS) is 13.9. The molecule has 0 bridgehead atoms. The van der Waals surface area contributed by atoms with Gasteiger partial charge in [0.05, 0.1) is 26.8 Å². The maximum atomic E-state index is 13.3. The summed E-state index contributed by atoms with van der Waals surface area (Å²) in [5.74, 6) is -0.177. The fraction of sp³-hybridized carbons (Fsp3) is 0.217. The number of anilines is 2. The lowest BCUT2D eigenvalue weighted by molar-refractivity contribution is 0.0747. The van der Waals surface area contributed by atoms with Gasteiger partial charge in [-0.05, 0) is 35.7 Å². The molecule has 2 aromatic carbocycles. The van der Waals surface area contributed by atoms with Gasteiger partial charge in [0, 0.05) is 33.2 Å². The summed E-state index contributed by atoms with van der Waals surface area (Å²) in [5, 5.41) is 2.59. The number of amides is 2. The summed E-state index contributed by atoms with van der Waals surface area (Å²) in [5.41, 5.74) is 2.15. The Balaban J connectivity index is 1.50. The van der Waals surface area contributed by atoms with E-state index in [9.17, 15) is 9.59 Å². The van der Waals surface area contributed by atoms with Gasteiger partial charge in [0.2, 0.25) is 0 Å². The Kier molecular flexibility index (Phi) is 6.06. The summed E-state index contributed by atoms with van der Waals surface area (Å²) in [6, 6.07) is 18.7. The summed E-state index contributed by atoms with van der Waals surface area (Å²) < 4.78 is 0. The van der Waals surface area contributed by atoms with Crippen LogP contribution in [0.1, 0.15) is 20.0 Å². The molecule has 0 radical (unpaired) electrons. The molecule has 0 atom stereocenters. The molecule has 1 saturated heterocycles. The van der Waals surface area contributed by atoms with Gasteiger partial charge in [0.1, 0.15) is 0 Å². The van der Waals surface area contributed by atoms with Crippen LogP contribution in [0, 0.1) is 0 Å². The number of halogens is 1. The van der Waals surface area contributed by atoms with Crippen LogP contribution in [0.2, 0.25) is 5.02 Å². The molecule has 5 nitrogen and oxygen atoms in total. The third kappa shape index (κ3) is 4.06. The Bertz CT molecular complexity index is 1050. The molecule has 0 spiro atoms. The van der Waals surface area contributed by atoms with Crippen molar-refractivity contribution in [2.75, 3.05) is 43.0 Å². The van der Waals surface area contributed by atoms with Crippen molar-refractivity contribution in [3.63, 3.8) is 0 Å². The lowest BCUT2D eigenvalue weighted by atomic mass is 10.1. The Morgan fingerprint density at radius 3 is 2.33 bits per heavy atom. The molecule has 1 aliphatic rings. The van der Waals surface area contributed by atoms with E-state index in [0.717, 1.165) is 10.7 Å². The maximum Gasteiger partial charge on any atom is 0.268 e. The van der Waals surface area contributed by atoms with Crippen LogP contribution >= 0.6 is 22.9 Å². The summed E-state index contributed by atoms with van der Waals surface area (Å²) in [6.45, 7) is 2.62. The molecular formula is C23H22ClN3O2S. The first-order valence-electron chi connectivity index (χ1n) is 9.75. The van der Waals surface area contributed by atoms with Crippen molar-refractivity contribution in [1.82, 2.24) is 4.90 Å². The Hall–Kier alpha value is -2.83. The quantitative estimate of drug-likeness (QED) is 0.594. The third-order valence-electron chi connectivity index (χ3n) is 5.29. The van der Waals surface area contributed by atoms with E-state index >= 15 is 0 Å². The number of carbonyl (C=O) groups is 2. The van der Waals surface area contributed by atoms with Crippen molar-refractivity contribution in [3.8, 4) is 0 Å². The van der Waals surface area contributed by atoms with Gasteiger partial charge in [0.15, 0.2) is 0 Å². The second-order valence-electron chi connectivity index (χ2n) is 7.09. The number of para-hydroxylation sites is 2. The smallest absolute Gasteiger partial charge is 0.268 e. The van der Waals surface area contributed by atoms with Crippen LogP contribution in [-0.2, 0) is 0 Å². The van der Waals surface area contributed by atoms with E-state index in [4.69, 9.17) is 11.6 Å². The lowest BCUT2D eigenvalue weighted by Gasteiger charge is -2.37. The van der Waals surface area contributed by atoms with Crippen LogP contribution in [0.3, 0.4) is 0 Å². The average Bonchev–Trinajstić information content (AvgIpc) is 3.33. The third-order valence-corrected chi connectivity index (χ3v) is 6.47. The first kappa shape index (κ1) is 20.4. The van der Waals surface area contributed by atoms with Crippen LogP contribution in [0.15, 0.2) is 66.0 Å². The minimum Gasteiger partial charge on any atom is -0.367 e. The minimum atomic E-state index is -0.117. The molecule has 0 aliphatic carbocycles. The Labute approximate surface area is 185 Å². The van der Waals surface area contributed by atoms with Gasteiger partial charge in [-0.3, -0.25) is 9.59 Å². The minimum absolute atomic E-state index is 0.0600. The number of hydrogen-bond acceptors (Lipinski definition) is 4. The predicted molar refractivity (Wildman–Crippen MR) is 123 cm³/mol.